The molecule has 0 aliphatic carbocycles. The van der Waals surface area contributed by atoms with Crippen LogP contribution in [-0.4, -0.2) is 50.9 Å². The summed E-state index contributed by atoms with van der Waals surface area (Å²) in [5, 5.41) is 2.98. The molecular weight excluding hydrogens is 617 g/mol. The minimum Gasteiger partial charge on any atom is -0.494 e. The number of amides is 2. The molecule has 1 N–H and O–H groups in total. The molecule has 0 spiro atoms. The third-order valence-electron chi connectivity index (χ3n) is 7.82. The summed E-state index contributed by atoms with van der Waals surface area (Å²) in [6.07, 6.45) is 1.87. The minimum atomic E-state index is -4.32. The minimum absolute atomic E-state index is 0.0679. The molecule has 0 aromatic heterocycles. The topological polar surface area (TPSA) is 96.0 Å². The van der Waals surface area contributed by atoms with E-state index in [0.29, 0.717) is 18.9 Å². The maximum Gasteiger partial charge on any atom is 0.264 e. The standard InChI is InChI=1S/C37H42FN3O5S/c1-4-6-24-39-37(43)35(25-29-13-8-7-9-14-29)40(26-30-15-11-10-12-28(30)3)36(42)27-41(32-18-16-31(38)17-19-32)47(44,45)34-22-20-33(21-23-34)46-5-2/h7-23,35H,4-6,24-27H2,1-3H3,(H,39,43)/t35-/m0/s1. The van der Waals surface area contributed by atoms with E-state index in [2.05, 4.69) is 5.32 Å². The molecule has 0 aliphatic rings. The van der Waals surface area contributed by atoms with Crippen LogP contribution in [0.4, 0.5) is 10.1 Å². The van der Waals surface area contributed by atoms with Crippen LogP contribution >= 0.6 is 0 Å². The number of ether oxygens (including phenoxy) is 1. The molecule has 1 atom stereocenters. The summed E-state index contributed by atoms with van der Waals surface area (Å²) in [5.41, 5.74) is 2.70. The second-order valence-electron chi connectivity index (χ2n) is 11.2. The van der Waals surface area contributed by atoms with Crippen molar-refractivity contribution >= 4 is 27.5 Å². The summed E-state index contributed by atoms with van der Waals surface area (Å²) in [4.78, 5) is 29.8. The number of anilines is 1. The second kappa shape index (κ2) is 16.7. The lowest BCUT2D eigenvalue weighted by atomic mass is 10.0. The predicted octanol–water partition coefficient (Wildman–Crippen LogP) is 6.28. The first-order chi connectivity index (χ1) is 22.6. The van der Waals surface area contributed by atoms with Crippen molar-refractivity contribution in [3.05, 3.63) is 126 Å². The van der Waals surface area contributed by atoms with Crippen LogP contribution in [0.1, 0.15) is 43.4 Å². The number of hydrogen-bond donors (Lipinski definition) is 1. The molecule has 0 fully saturated rings. The van der Waals surface area contributed by atoms with Crippen molar-refractivity contribution in [2.45, 2.75) is 57.5 Å². The lowest BCUT2D eigenvalue weighted by Gasteiger charge is -2.34. The molecule has 47 heavy (non-hydrogen) atoms. The van der Waals surface area contributed by atoms with Gasteiger partial charge in [-0.3, -0.25) is 13.9 Å². The van der Waals surface area contributed by atoms with Gasteiger partial charge < -0.3 is 15.0 Å². The number of carbonyl (C=O) groups is 2. The van der Waals surface area contributed by atoms with Crippen LogP contribution in [0.3, 0.4) is 0 Å². The number of nitrogens with one attached hydrogen (secondary N) is 1. The van der Waals surface area contributed by atoms with E-state index in [1.807, 2.05) is 75.4 Å². The Morgan fingerprint density at radius 2 is 1.53 bits per heavy atom. The van der Waals surface area contributed by atoms with Crippen molar-refractivity contribution in [1.82, 2.24) is 10.2 Å². The van der Waals surface area contributed by atoms with Crippen molar-refractivity contribution in [3.8, 4) is 5.75 Å². The van der Waals surface area contributed by atoms with E-state index in [4.69, 9.17) is 4.74 Å². The summed E-state index contributed by atoms with van der Waals surface area (Å²) in [7, 11) is -4.32. The van der Waals surface area contributed by atoms with Gasteiger partial charge >= 0.3 is 0 Å². The van der Waals surface area contributed by atoms with Crippen molar-refractivity contribution in [2.24, 2.45) is 0 Å². The van der Waals surface area contributed by atoms with Crippen LogP contribution in [0, 0.1) is 12.7 Å². The van der Waals surface area contributed by atoms with Crippen LogP contribution in [-0.2, 0) is 32.6 Å². The molecule has 10 heteroatoms. The van der Waals surface area contributed by atoms with Gasteiger partial charge in [-0.1, -0.05) is 67.9 Å². The van der Waals surface area contributed by atoms with Gasteiger partial charge in [-0.15, -0.1) is 0 Å². The zero-order valence-corrected chi connectivity index (χ0v) is 27.9. The first kappa shape index (κ1) is 35.2. The van der Waals surface area contributed by atoms with Crippen LogP contribution < -0.4 is 14.4 Å². The molecule has 0 heterocycles. The molecule has 0 bridgehead atoms. The van der Waals surface area contributed by atoms with E-state index in [-0.39, 0.29) is 29.5 Å². The van der Waals surface area contributed by atoms with Gasteiger partial charge in [0.1, 0.15) is 24.2 Å². The number of carbonyl (C=O) groups excluding carboxylic acids is 2. The number of nitrogens with zero attached hydrogens (tertiary/aromatic N) is 2. The quantitative estimate of drug-likeness (QED) is 0.143. The Balaban J connectivity index is 1.78. The van der Waals surface area contributed by atoms with Crippen LogP contribution in [0.15, 0.2) is 108 Å². The second-order valence-corrected chi connectivity index (χ2v) is 13.1. The summed E-state index contributed by atoms with van der Waals surface area (Å²) in [6, 6.07) is 26.9. The number of aryl methyl sites for hydroxylation is 1. The number of unbranched alkanes of at least 4 members (excludes halogenated alkanes) is 1. The van der Waals surface area contributed by atoms with E-state index in [9.17, 15) is 22.4 Å². The largest absolute Gasteiger partial charge is 0.494 e. The molecule has 2 amide bonds. The number of hydrogen-bond acceptors (Lipinski definition) is 5. The monoisotopic (exact) mass is 659 g/mol. The van der Waals surface area contributed by atoms with E-state index >= 15 is 0 Å². The number of benzene rings is 4. The van der Waals surface area contributed by atoms with Gasteiger partial charge in [-0.05, 0) is 85.5 Å². The van der Waals surface area contributed by atoms with Gasteiger partial charge in [0.2, 0.25) is 11.8 Å². The fraction of sp³-hybridized carbons (Fsp3) is 0.297. The van der Waals surface area contributed by atoms with Gasteiger partial charge in [0.15, 0.2) is 0 Å². The third-order valence-corrected chi connectivity index (χ3v) is 9.61. The van der Waals surface area contributed by atoms with Crippen molar-refractivity contribution < 1.29 is 27.1 Å². The predicted molar refractivity (Wildman–Crippen MR) is 182 cm³/mol. The Morgan fingerprint density at radius 3 is 2.17 bits per heavy atom. The molecule has 4 aromatic rings. The number of halogens is 1. The van der Waals surface area contributed by atoms with Gasteiger partial charge in [-0.2, -0.15) is 0 Å². The van der Waals surface area contributed by atoms with Crippen molar-refractivity contribution in [1.29, 1.82) is 0 Å². The lowest BCUT2D eigenvalue weighted by Crippen LogP contribution is -2.53. The Labute approximate surface area is 277 Å². The first-order valence-corrected chi connectivity index (χ1v) is 17.2. The Morgan fingerprint density at radius 1 is 0.872 bits per heavy atom. The van der Waals surface area contributed by atoms with E-state index in [1.54, 1.807) is 12.1 Å². The van der Waals surface area contributed by atoms with Crippen LogP contribution in [0.5, 0.6) is 5.75 Å². The summed E-state index contributed by atoms with van der Waals surface area (Å²) >= 11 is 0. The highest BCUT2D eigenvalue weighted by molar-refractivity contribution is 7.92. The van der Waals surface area contributed by atoms with Crippen molar-refractivity contribution in [3.63, 3.8) is 0 Å². The van der Waals surface area contributed by atoms with Crippen LogP contribution in [0.2, 0.25) is 0 Å². The van der Waals surface area contributed by atoms with Gasteiger partial charge in [-0.25, -0.2) is 12.8 Å². The summed E-state index contributed by atoms with van der Waals surface area (Å²) in [6.45, 7) is 6.08. The van der Waals surface area contributed by atoms with Gasteiger partial charge in [0.25, 0.3) is 10.0 Å². The normalized spacial score (nSPS) is 11.8. The summed E-state index contributed by atoms with van der Waals surface area (Å²) in [5.74, 6) is -0.963. The highest BCUT2D eigenvalue weighted by atomic mass is 32.2. The molecule has 0 saturated carbocycles. The molecule has 4 rings (SSSR count). The zero-order chi connectivity index (χ0) is 33.8. The molecule has 248 valence electrons. The molecule has 0 radical (unpaired) electrons. The maximum absolute atomic E-state index is 14.5. The van der Waals surface area contributed by atoms with E-state index in [1.165, 1.54) is 29.2 Å². The third kappa shape index (κ3) is 9.42. The number of sulfonamides is 1. The smallest absolute Gasteiger partial charge is 0.264 e. The van der Waals surface area contributed by atoms with Gasteiger partial charge in [0, 0.05) is 19.5 Å². The zero-order valence-electron chi connectivity index (χ0n) is 27.1. The molecular formula is C37H42FN3O5S. The van der Waals surface area contributed by atoms with Crippen molar-refractivity contribution in [2.75, 3.05) is 24.0 Å². The highest BCUT2D eigenvalue weighted by Crippen LogP contribution is 2.27. The molecule has 4 aromatic carbocycles. The molecule has 0 saturated heterocycles. The number of rotatable bonds is 16. The maximum atomic E-state index is 14.5. The average Bonchev–Trinajstić information content (AvgIpc) is 3.07. The average molecular weight is 660 g/mol. The Kier molecular flexibility index (Phi) is 12.5. The highest BCUT2D eigenvalue weighted by Gasteiger charge is 2.34. The van der Waals surface area contributed by atoms with E-state index in [0.717, 1.165) is 46.0 Å². The Bertz CT molecular complexity index is 1720. The van der Waals surface area contributed by atoms with Crippen LogP contribution in [0.25, 0.3) is 0 Å². The Hall–Kier alpha value is -4.70. The SMILES string of the molecule is CCCCNC(=O)[C@H](Cc1ccccc1)N(Cc1ccccc1C)C(=O)CN(c1ccc(F)cc1)S(=O)(=O)c1ccc(OCC)cc1. The summed E-state index contributed by atoms with van der Waals surface area (Å²) < 4.78 is 48.8. The molecule has 0 unspecified atom stereocenters. The fourth-order valence-electron chi connectivity index (χ4n) is 5.17. The van der Waals surface area contributed by atoms with E-state index < -0.39 is 34.3 Å². The molecule has 0 aliphatic heterocycles. The molecule has 8 nitrogen and oxygen atoms in total. The first-order valence-electron chi connectivity index (χ1n) is 15.8. The van der Waals surface area contributed by atoms with Gasteiger partial charge in [0.05, 0.1) is 17.2 Å². The lowest BCUT2D eigenvalue weighted by molar-refractivity contribution is -0.140. The fourth-order valence-corrected chi connectivity index (χ4v) is 6.58.